The summed E-state index contributed by atoms with van der Waals surface area (Å²) >= 11 is 0. The van der Waals surface area contributed by atoms with E-state index in [1.807, 2.05) is 30.3 Å². The molecular formula is C27H24FN5O3. The lowest BCUT2D eigenvalue weighted by atomic mass is 10.1. The minimum atomic E-state index is -0.437. The van der Waals surface area contributed by atoms with Crippen molar-refractivity contribution in [1.29, 1.82) is 5.26 Å². The third-order valence-electron chi connectivity index (χ3n) is 5.77. The van der Waals surface area contributed by atoms with Gasteiger partial charge in [-0.15, -0.1) is 0 Å². The number of aromatic nitrogens is 1. The summed E-state index contributed by atoms with van der Waals surface area (Å²) in [7, 11) is 3.60. The van der Waals surface area contributed by atoms with Gasteiger partial charge in [-0.25, -0.2) is 9.37 Å². The first kappa shape index (κ1) is 24.4. The second kappa shape index (κ2) is 10.7. The lowest BCUT2D eigenvalue weighted by Crippen LogP contribution is -2.27. The number of anilines is 2. The van der Waals surface area contributed by atoms with Gasteiger partial charge >= 0.3 is 0 Å². The average molecular weight is 486 g/mol. The summed E-state index contributed by atoms with van der Waals surface area (Å²) in [5.41, 5.74) is 2.37. The topological polar surface area (TPSA) is 98.6 Å². The Kier molecular flexibility index (Phi) is 7.25. The molecule has 1 N–H and O–H groups in total. The molecular weight excluding hydrogens is 461 g/mol. The van der Waals surface area contributed by atoms with E-state index in [1.54, 1.807) is 42.1 Å². The van der Waals surface area contributed by atoms with Crippen molar-refractivity contribution in [3.05, 3.63) is 89.6 Å². The first-order valence-electron chi connectivity index (χ1n) is 11.3. The third kappa shape index (κ3) is 5.18. The Morgan fingerprint density at radius 3 is 2.42 bits per heavy atom. The van der Waals surface area contributed by atoms with E-state index in [9.17, 15) is 19.2 Å². The number of nitrogens with one attached hydrogen (secondary N) is 1. The monoisotopic (exact) mass is 485 g/mol. The molecule has 2 aromatic carbocycles. The molecule has 0 atom stereocenters. The van der Waals surface area contributed by atoms with E-state index in [-0.39, 0.29) is 42.5 Å². The van der Waals surface area contributed by atoms with Crippen LogP contribution in [-0.4, -0.2) is 30.8 Å². The van der Waals surface area contributed by atoms with Gasteiger partial charge in [0.15, 0.2) is 5.78 Å². The molecule has 0 spiro atoms. The molecule has 36 heavy (non-hydrogen) atoms. The molecule has 2 heterocycles. The number of nitrogens with zero attached hydrogens (tertiary/aromatic N) is 4. The van der Waals surface area contributed by atoms with Crippen LogP contribution in [0.1, 0.15) is 18.4 Å². The van der Waals surface area contributed by atoms with Crippen molar-refractivity contribution in [2.45, 2.75) is 19.4 Å². The van der Waals surface area contributed by atoms with Gasteiger partial charge in [0.05, 0.1) is 11.4 Å². The molecule has 4 rings (SSSR count). The van der Waals surface area contributed by atoms with Crippen LogP contribution >= 0.6 is 0 Å². The van der Waals surface area contributed by atoms with E-state index in [4.69, 9.17) is 4.74 Å². The molecule has 0 unspecified atom stereocenters. The van der Waals surface area contributed by atoms with E-state index in [1.165, 1.54) is 24.4 Å². The number of fused-ring (bicyclic) bond motifs is 1. The average Bonchev–Trinajstić information content (AvgIpc) is 3.13. The molecule has 3 aromatic rings. The third-order valence-corrected chi connectivity index (χ3v) is 5.77. The molecule has 1 aromatic heterocycles. The number of ether oxygens (including phenoxy) is 1. The number of hydrogen-bond acceptors (Lipinski definition) is 7. The maximum atomic E-state index is 13.5. The summed E-state index contributed by atoms with van der Waals surface area (Å²) in [5, 5.41) is 12.5. The number of allylic oxidation sites excluding steroid dienone is 1. The van der Waals surface area contributed by atoms with E-state index >= 15 is 0 Å². The Morgan fingerprint density at radius 1 is 1.03 bits per heavy atom. The molecule has 182 valence electrons. The van der Waals surface area contributed by atoms with Crippen LogP contribution in [0, 0.1) is 17.1 Å². The molecule has 1 aliphatic heterocycles. The normalized spacial score (nSPS) is 12.1. The molecule has 0 bridgehead atoms. The summed E-state index contributed by atoms with van der Waals surface area (Å²) in [6.45, 7) is 0.110. The Balaban J connectivity index is 1.37. The molecule has 0 saturated heterocycles. The van der Waals surface area contributed by atoms with Crippen LogP contribution in [0.2, 0.25) is 0 Å². The molecule has 8 nitrogen and oxygen atoms in total. The standard InChI is InChI=1S/C27H24FN5O3/c1-32-22-10-3-4-11-23(22)33(2)27(32)21(16-29)24(34)12-13-25(35)31-17-18-7-6-14-30-26(18)36-20-9-5-8-19(28)15-20/h3-11,14-15H,12-13,17H2,1-2H3,(H,31,35). The van der Waals surface area contributed by atoms with E-state index in [0.29, 0.717) is 11.4 Å². The number of nitriles is 1. The number of benzene rings is 2. The fourth-order valence-electron chi connectivity index (χ4n) is 3.98. The summed E-state index contributed by atoms with van der Waals surface area (Å²) < 4.78 is 19.1. The lowest BCUT2D eigenvalue weighted by molar-refractivity contribution is -0.124. The smallest absolute Gasteiger partial charge is 0.224 e. The number of rotatable bonds is 8. The predicted octanol–water partition coefficient (Wildman–Crippen LogP) is 4.30. The second-order valence-electron chi connectivity index (χ2n) is 8.14. The fraction of sp³-hybridized carbons (Fsp3) is 0.185. The van der Waals surface area contributed by atoms with Gasteiger partial charge in [0.2, 0.25) is 11.8 Å². The van der Waals surface area contributed by atoms with E-state index < -0.39 is 11.6 Å². The number of halogens is 1. The molecule has 1 amide bonds. The summed E-state index contributed by atoms with van der Waals surface area (Å²) in [5.74, 6) is -0.198. The first-order valence-corrected chi connectivity index (χ1v) is 11.3. The van der Waals surface area contributed by atoms with Crippen LogP contribution < -0.4 is 19.9 Å². The largest absolute Gasteiger partial charge is 0.439 e. The van der Waals surface area contributed by atoms with Crippen molar-refractivity contribution in [2.75, 3.05) is 23.9 Å². The van der Waals surface area contributed by atoms with Crippen LogP contribution in [0.3, 0.4) is 0 Å². The van der Waals surface area contributed by atoms with Gasteiger partial charge in [0, 0.05) is 51.3 Å². The first-order chi connectivity index (χ1) is 17.4. The van der Waals surface area contributed by atoms with Crippen molar-refractivity contribution < 1.29 is 18.7 Å². The summed E-state index contributed by atoms with van der Waals surface area (Å²) in [6, 6.07) is 18.7. The van der Waals surface area contributed by atoms with Crippen molar-refractivity contribution in [1.82, 2.24) is 10.3 Å². The van der Waals surface area contributed by atoms with Gasteiger partial charge in [0.25, 0.3) is 0 Å². The highest BCUT2D eigenvalue weighted by atomic mass is 19.1. The number of carbonyl (C=O) groups is 2. The van der Waals surface area contributed by atoms with E-state index in [0.717, 1.165) is 11.4 Å². The van der Waals surface area contributed by atoms with Crippen LogP contribution in [0.25, 0.3) is 0 Å². The Hall–Kier alpha value is -4.71. The molecule has 0 fully saturated rings. The van der Waals surface area contributed by atoms with Gasteiger partial charge < -0.3 is 19.9 Å². The fourth-order valence-corrected chi connectivity index (χ4v) is 3.98. The quantitative estimate of drug-likeness (QED) is 0.375. The highest BCUT2D eigenvalue weighted by Gasteiger charge is 2.31. The molecule has 0 aliphatic carbocycles. The molecule has 1 aliphatic rings. The number of amides is 1. The maximum absolute atomic E-state index is 13.5. The van der Waals surface area contributed by atoms with Gasteiger partial charge in [-0.1, -0.05) is 24.3 Å². The SMILES string of the molecule is CN1C(=C(C#N)C(=O)CCC(=O)NCc2cccnc2Oc2cccc(F)c2)N(C)c2ccccc21. The van der Waals surface area contributed by atoms with Crippen LogP contribution in [0.4, 0.5) is 15.8 Å². The van der Waals surface area contributed by atoms with Crippen molar-refractivity contribution in [2.24, 2.45) is 0 Å². The van der Waals surface area contributed by atoms with Crippen molar-refractivity contribution in [3.63, 3.8) is 0 Å². The highest BCUT2D eigenvalue weighted by molar-refractivity contribution is 6.03. The summed E-state index contributed by atoms with van der Waals surface area (Å²) in [6.07, 6.45) is 1.33. The Labute approximate surface area is 208 Å². The minimum Gasteiger partial charge on any atom is -0.439 e. The maximum Gasteiger partial charge on any atom is 0.224 e. The van der Waals surface area contributed by atoms with Gasteiger partial charge in [-0.3, -0.25) is 9.59 Å². The van der Waals surface area contributed by atoms with Gasteiger partial charge in [-0.05, 0) is 30.3 Å². The zero-order valence-electron chi connectivity index (χ0n) is 19.9. The number of hydrogen-bond donors (Lipinski definition) is 1. The number of pyridine rings is 1. The molecule has 0 saturated carbocycles. The number of para-hydroxylation sites is 2. The van der Waals surface area contributed by atoms with Gasteiger partial charge in [0.1, 0.15) is 29.0 Å². The molecule has 0 radical (unpaired) electrons. The second-order valence-corrected chi connectivity index (χ2v) is 8.14. The summed E-state index contributed by atoms with van der Waals surface area (Å²) in [4.78, 5) is 33.1. The molecule has 9 heteroatoms. The van der Waals surface area contributed by atoms with Crippen LogP contribution in [0.15, 0.2) is 78.3 Å². The van der Waals surface area contributed by atoms with Crippen molar-refractivity contribution in [3.8, 4) is 17.7 Å². The number of Topliss-reactive ketones (excluding diaryl/α,β-unsaturated/α-hetero) is 1. The zero-order valence-corrected chi connectivity index (χ0v) is 19.9. The lowest BCUT2D eigenvalue weighted by Gasteiger charge is -2.19. The number of carbonyl (C=O) groups excluding carboxylic acids is 2. The predicted molar refractivity (Wildman–Crippen MR) is 133 cm³/mol. The van der Waals surface area contributed by atoms with Crippen molar-refractivity contribution >= 4 is 23.1 Å². The van der Waals surface area contributed by atoms with E-state index in [2.05, 4.69) is 10.3 Å². The Morgan fingerprint density at radius 2 is 1.75 bits per heavy atom. The van der Waals surface area contributed by atoms with Crippen LogP contribution in [-0.2, 0) is 16.1 Å². The minimum absolute atomic E-state index is 0.00189. The number of ketones is 1. The zero-order chi connectivity index (χ0) is 25.7. The van der Waals surface area contributed by atoms with Gasteiger partial charge in [-0.2, -0.15) is 5.26 Å². The highest BCUT2D eigenvalue weighted by Crippen LogP contribution is 2.40. The Bertz CT molecular complexity index is 1350. The van der Waals surface area contributed by atoms with Crippen LogP contribution in [0.5, 0.6) is 11.6 Å².